The van der Waals surface area contributed by atoms with Crippen LogP contribution in [-0.2, 0) is 15.1 Å². The van der Waals surface area contributed by atoms with Gasteiger partial charge in [0.1, 0.15) is 5.60 Å². The zero-order valence-corrected chi connectivity index (χ0v) is 16.9. The van der Waals surface area contributed by atoms with Crippen molar-refractivity contribution in [1.82, 2.24) is 4.90 Å². The number of carbonyl (C=O) groups is 1. The van der Waals surface area contributed by atoms with E-state index < -0.39 is 0 Å². The molecule has 27 heavy (non-hydrogen) atoms. The lowest BCUT2D eigenvalue weighted by atomic mass is 9.62. The summed E-state index contributed by atoms with van der Waals surface area (Å²) in [5, 5.41) is 0. The van der Waals surface area contributed by atoms with E-state index in [1.165, 1.54) is 12.8 Å². The molecule has 1 aromatic rings. The number of methoxy groups -OCH3 is 1. The first-order valence-corrected chi connectivity index (χ1v) is 9.92. The van der Waals surface area contributed by atoms with E-state index in [4.69, 9.17) is 15.2 Å². The van der Waals surface area contributed by atoms with Gasteiger partial charge in [0.05, 0.1) is 6.61 Å². The number of hydrogen-bond donors (Lipinski definition) is 1. The number of nitrogens with two attached hydrogens (primary N) is 1. The maximum atomic E-state index is 11.7. The summed E-state index contributed by atoms with van der Waals surface area (Å²) in [4.78, 5) is 14.3. The second-order valence-electron chi connectivity index (χ2n) is 8.09. The Kier molecular flexibility index (Phi) is 6.46. The minimum atomic E-state index is -0.375. The molecule has 1 amide bonds. The molecule has 2 bridgehead atoms. The van der Waals surface area contributed by atoms with Crippen LogP contribution >= 0.6 is 12.4 Å². The Morgan fingerprint density at radius 3 is 2.56 bits per heavy atom. The van der Waals surface area contributed by atoms with Gasteiger partial charge in [-0.2, -0.15) is 0 Å². The SMILES string of the molecule is CO[C@@]1(c2cccc(C(N)=O)c2)[C@@H]2CCC[C@H]1CN([C@@H]1CCCOC1)C2.Cl. The van der Waals surface area contributed by atoms with Gasteiger partial charge < -0.3 is 15.2 Å². The summed E-state index contributed by atoms with van der Waals surface area (Å²) in [7, 11) is 1.83. The molecule has 150 valence electrons. The lowest BCUT2D eigenvalue weighted by molar-refractivity contribution is -0.179. The fourth-order valence-corrected chi connectivity index (χ4v) is 5.62. The van der Waals surface area contributed by atoms with E-state index in [1.54, 1.807) is 6.07 Å². The molecular formula is C21H31ClN2O3. The molecule has 4 rings (SSSR count). The molecule has 1 saturated carbocycles. The number of halogens is 1. The quantitative estimate of drug-likeness (QED) is 0.852. The van der Waals surface area contributed by atoms with E-state index in [2.05, 4.69) is 11.0 Å². The van der Waals surface area contributed by atoms with E-state index in [0.717, 1.165) is 51.1 Å². The molecule has 4 atom stereocenters. The average Bonchev–Trinajstić information content (AvgIpc) is 2.67. The number of ether oxygens (including phenoxy) is 2. The summed E-state index contributed by atoms with van der Waals surface area (Å²) in [6.45, 7) is 3.84. The van der Waals surface area contributed by atoms with Gasteiger partial charge >= 0.3 is 0 Å². The summed E-state index contributed by atoms with van der Waals surface area (Å²) >= 11 is 0. The molecule has 5 nitrogen and oxygen atoms in total. The summed E-state index contributed by atoms with van der Waals surface area (Å²) in [6.07, 6.45) is 5.97. The van der Waals surface area contributed by atoms with Gasteiger partial charge in [-0.25, -0.2) is 0 Å². The first-order chi connectivity index (χ1) is 12.6. The third kappa shape index (κ3) is 3.63. The molecule has 6 heteroatoms. The zero-order chi connectivity index (χ0) is 18.1. The van der Waals surface area contributed by atoms with Crippen molar-refractivity contribution in [2.24, 2.45) is 17.6 Å². The standard InChI is InChI=1S/C21H30N2O3.ClH/c1-25-21(16-6-2-5-15(11-16)20(22)24)17-7-3-8-18(21)13-23(12-17)19-9-4-10-26-14-19;/h2,5-6,11,17-19H,3-4,7-10,12-14H2,1H3,(H2,22,24);1H/t17-,18+,19-,21+;/m1./s1. The first-order valence-electron chi connectivity index (χ1n) is 9.92. The van der Waals surface area contributed by atoms with Crippen LogP contribution in [0.1, 0.15) is 48.0 Å². The van der Waals surface area contributed by atoms with Gasteiger partial charge in [0.2, 0.25) is 5.91 Å². The molecule has 0 aromatic heterocycles. The van der Waals surface area contributed by atoms with Gasteiger partial charge in [-0.3, -0.25) is 9.69 Å². The Bertz CT molecular complexity index is 649. The molecule has 2 N–H and O–H groups in total. The van der Waals surface area contributed by atoms with E-state index in [-0.39, 0.29) is 23.9 Å². The van der Waals surface area contributed by atoms with Crippen LogP contribution in [0, 0.1) is 11.8 Å². The summed E-state index contributed by atoms with van der Waals surface area (Å²) < 4.78 is 12.0. The lowest BCUT2D eigenvalue weighted by Gasteiger charge is -2.57. The molecular weight excluding hydrogens is 364 g/mol. The topological polar surface area (TPSA) is 64.8 Å². The first kappa shape index (κ1) is 20.6. The molecule has 0 unspecified atom stereocenters. The highest BCUT2D eigenvalue weighted by Crippen LogP contribution is 2.52. The van der Waals surface area contributed by atoms with Crippen LogP contribution in [0.5, 0.6) is 0 Å². The fourth-order valence-electron chi connectivity index (χ4n) is 5.62. The minimum Gasteiger partial charge on any atom is -0.380 e. The van der Waals surface area contributed by atoms with Crippen LogP contribution in [0.2, 0.25) is 0 Å². The highest BCUT2D eigenvalue weighted by atomic mass is 35.5. The van der Waals surface area contributed by atoms with E-state index in [0.29, 0.717) is 23.4 Å². The van der Waals surface area contributed by atoms with Crippen molar-refractivity contribution in [3.05, 3.63) is 35.4 Å². The average molecular weight is 395 g/mol. The number of amides is 1. The minimum absolute atomic E-state index is 0. The predicted molar refractivity (Wildman–Crippen MR) is 107 cm³/mol. The fraction of sp³-hybridized carbons (Fsp3) is 0.667. The molecule has 3 fully saturated rings. The molecule has 3 aliphatic rings. The summed E-state index contributed by atoms with van der Waals surface area (Å²) in [5.41, 5.74) is 6.91. The predicted octanol–water partition coefficient (Wildman–Crippen LogP) is 2.96. The Morgan fingerprint density at radius 2 is 1.96 bits per heavy atom. The Morgan fingerprint density at radius 1 is 1.22 bits per heavy atom. The van der Waals surface area contributed by atoms with Crippen LogP contribution in [0.15, 0.2) is 24.3 Å². The molecule has 2 aliphatic heterocycles. The Labute approximate surface area is 168 Å². The van der Waals surface area contributed by atoms with E-state index in [1.807, 2.05) is 19.2 Å². The number of benzene rings is 1. The number of hydrogen-bond acceptors (Lipinski definition) is 4. The second-order valence-corrected chi connectivity index (χ2v) is 8.09. The molecule has 1 aliphatic carbocycles. The third-order valence-electron chi connectivity index (χ3n) is 6.82. The van der Waals surface area contributed by atoms with Crippen LogP contribution in [-0.4, -0.2) is 50.3 Å². The van der Waals surface area contributed by atoms with E-state index >= 15 is 0 Å². The van der Waals surface area contributed by atoms with Crippen molar-refractivity contribution in [2.45, 2.75) is 43.7 Å². The summed E-state index contributed by atoms with van der Waals surface area (Å²) in [6, 6.07) is 8.34. The van der Waals surface area contributed by atoms with Crippen molar-refractivity contribution in [2.75, 3.05) is 33.4 Å². The second kappa shape index (κ2) is 8.48. The van der Waals surface area contributed by atoms with Gasteiger partial charge in [0, 0.05) is 50.2 Å². The zero-order valence-electron chi connectivity index (χ0n) is 16.1. The molecule has 2 heterocycles. The van der Waals surface area contributed by atoms with Gasteiger partial charge in [-0.15, -0.1) is 12.4 Å². The molecule has 0 spiro atoms. The van der Waals surface area contributed by atoms with Crippen molar-refractivity contribution in [1.29, 1.82) is 0 Å². The number of primary amides is 1. The number of nitrogens with zero attached hydrogens (tertiary/aromatic N) is 1. The number of piperidine rings is 1. The molecule has 1 aromatic carbocycles. The van der Waals surface area contributed by atoms with Gasteiger partial charge in [0.15, 0.2) is 0 Å². The number of likely N-dealkylation sites (tertiary alicyclic amines) is 1. The Hall–Kier alpha value is -1.14. The molecule has 2 saturated heterocycles. The molecule has 0 radical (unpaired) electrons. The van der Waals surface area contributed by atoms with Gasteiger partial charge in [-0.05, 0) is 43.4 Å². The Balaban J connectivity index is 0.00000210. The normalized spacial score (nSPS) is 33.9. The van der Waals surface area contributed by atoms with Crippen LogP contribution < -0.4 is 5.73 Å². The van der Waals surface area contributed by atoms with Crippen LogP contribution in [0.3, 0.4) is 0 Å². The summed E-state index contributed by atoms with van der Waals surface area (Å²) in [5.74, 6) is 0.496. The van der Waals surface area contributed by atoms with E-state index in [9.17, 15) is 4.79 Å². The van der Waals surface area contributed by atoms with Crippen molar-refractivity contribution < 1.29 is 14.3 Å². The number of carbonyl (C=O) groups excluding carboxylic acids is 1. The highest BCUT2D eigenvalue weighted by molar-refractivity contribution is 5.92. The van der Waals surface area contributed by atoms with Gasteiger partial charge in [0.25, 0.3) is 0 Å². The largest absolute Gasteiger partial charge is 0.380 e. The van der Waals surface area contributed by atoms with Gasteiger partial charge in [-0.1, -0.05) is 18.6 Å². The highest BCUT2D eigenvalue weighted by Gasteiger charge is 2.54. The van der Waals surface area contributed by atoms with Crippen LogP contribution in [0.4, 0.5) is 0 Å². The van der Waals surface area contributed by atoms with Crippen molar-refractivity contribution >= 4 is 18.3 Å². The van der Waals surface area contributed by atoms with Crippen molar-refractivity contribution in [3.8, 4) is 0 Å². The number of rotatable bonds is 4. The number of fused-ring (bicyclic) bond motifs is 2. The van der Waals surface area contributed by atoms with Crippen molar-refractivity contribution in [3.63, 3.8) is 0 Å². The maximum absolute atomic E-state index is 11.7. The third-order valence-corrected chi connectivity index (χ3v) is 6.82. The lowest BCUT2D eigenvalue weighted by Crippen LogP contribution is -2.61. The smallest absolute Gasteiger partial charge is 0.248 e. The maximum Gasteiger partial charge on any atom is 0.248 e. The van der Waals surface area contributed by atoms with Crippen LogP contribution in [0.25, 0.3) is 0 Å². The monoisotopic (exact) mass is 394 g/mol.